The summed E-state index contributed by atoms with van der Waals surface area (Å²) in [5.74, 6) is 0.229. The molecule has 4 heteroatoms. The molecule has 0 aliphatic carbocycles. The van der Waals surface area contributed by atoms with Gasteiger partial charge in [-0.25, -0.2) is 0 Å². The molecule has 0 fully saturated rings. The molecule has 0 aliphatic rings. The Hall–Kier alpha value is -1.13. The molecule has 0 N–H and O–H groups in total. The van der Waals surface area contributed by atoms with Gasteiger partial charge in [0.05, 0.1) is 19.8 Å². The Bertz CT molecular complexity index is 344. The SMILES string of the molecule is COCCOCCn1ccc(C(=O)C(C)C)c1. The van der Waals surface area contributed by atoms with Crippen molar-refractivity contribution in [3.63, 3.8) is 0 Å². The summed E-state index contributed by atoms with van der Waals surface area (Å²) < 4.78 is 12.2. The predicted molar refractivity (Wildman–Crippen MR) is 66.3 cm³/mol. The van der Waals surface area contributed by atoms with Gasteiger partial charge in [-0.2, -0.15) is 0 Å². The second-order valence-corrected chi connectivity index (χ2v) is 4.26. The summed E-state index contributed by atoms with van der Waals surface area (Å²) in [6.07, 6.45) is 3.79. The lowest BCUT2D eigenvalue weighted by atomic mass is 10.0. The van der Waals surface area contributed by atoms with Gasteiger partial charge in [-0.3, -0.25) is 4.79 Å². The Balaban J connectivity index is 2.33. The maximum absolute atomic E-state index is 11.7. The molecule has 4 nitrogen and oxygen atoms in total. The van der Waals surface area contributed by atoms with Crippen LogP contribution >= 0.6 is 0 Å². The smallest absolute Gasteiger partial charge is 0.166 e. The van der Waals surface area contributed by atoms with Gasteiger partial charge in [-0.05, 0) is 6.07 Å². The van der Waals surface area contributed by atoms with E-state index in [0.717, 1.165) is 12.1 Å². The standard InChI is InChI=1S/C13H21NO3/c1-11(2)13(15)12-4-5-14(10-12)6-7-17-9-8-16-3/h4-5,10-11H,6-9H2,1-3H3. The van der Waals surface area contributed by atoms with Crippen LogP contribution in [0.15, 0.2) is 18.5 Å². The van der Waals surface area contributed by atoms with Gasteiger partial charge in [0.15, 0.2) is 5.78 Å². The Labute approximate surface area is 103 Å². The molecule has 1 aromatic rings. The molecule has 0 bridgehead atoms. The Morgan fingerprint density at radius 3 is 2.76 bits per heavy atom. The first-order valence-electron chi connectivity index (χ1n) is 5.92. The quantitative estimate of drug-likeness (QED) is 0.514. The molecule has 0 amide bonds. The fourth-order valence-corrected chi connectivity index (χ4v) is 1.47. The first-order valence-corrected chi connectivity index (χ1v) is 5.92. The highest BCUT2D eigenvalue weighted by molar-refractivity contribution is 5.97. The lowest BCUT2D eigenvalue weighted by Gasteiger charge is -2.04. The fourth-order valence-electron chi connectivity index (χ4n) is 1.47. The number of ether oxygens (including phenoxy) is 2. The van der Waals surface area contributed by atoms with Crippen LogP contribution in [0.2, 0.25) is 0 Å². The number of ketones is 1. The first kappa shape index (κ1) is 13.9. The summed E-state index contributed by atoms with van der Waals surface area (Å²) in [5.41, 5.74) is 0.775. The largest absolute Gasteiger partial charge is 0.382 e. The van der Waals surface area contributed by atoms with Crippen LogP contribution in [0, 0.1) is 5.92 Å². The number of nitrogens with zero attached hydrogens (tertiary/aromatic N) is 1. The zero-order chi connectivity index (χ0) is 12.7. The normalized spacial score (nSPS) is 11.1. The lowest BCUT2D eigenvalue weighted by molar-refractivity contribution is 0.0666. The minimum atomic E-state index is 0.0452. The molecule has 96 valence electrons. The predicted octanol–water partition coefficient (Wildman–Crippen LogP) is 1.99. The highest BCUT2D eigenvalue weighted by Gasteiger charge is 2.11. The van der Waals surface area contributed by atoms with E-state index in [1.165, 1.54) is 0 Å². The van der Waals surface area contributed by atoms with Crippen LogP contribution in [0.25, 0.3) is 0 Å². The topological polar surface area (TPSA) is 40.5 Å². The summed E-state index contributed by atoms with van der Waals surface area (Å²) in [7, 11) is 1.65. The number of carbonyl (C=O) groups is 1. The molecule has 0 aliphatic heterocycles. The Morgan fingerprint density at radius 1 is 1.35 bits per heavy atom. The van der Waals surface area contributed by atoms with Crippen LogP contribution in [0.5, 0.6) is 0 Å². The summed E-state index contributed by atoms with van der Waals surface area (Å²) in [4.78, 5) is 11.7. The number of Topliss-reactive ketones (excluding diaryl/α,β-unsaturated/α-hetero) is 1. The van der Waals surface area contributed by atoms with Crippen molar-refractivity contribution in [1.29, 1.82) is 0 Å². The molecule has 0 saturated carbocycles. The van der Waals surface area contributed by atoms with Gasteiger partial charge in [-0.1, -0.05) is 13.8 Å². The molecule has 0 radical (unpaired) electrons. The number of methoxy groups -OCH3 is 1. The third kappa shape index (κ3) is 4.71. The molecule has 17 heavy (non-hydrogen) atoms. The van der Waals surface area contributed by atoms with Crippen LogP contribution in [0.3, 0.4) is 0 Å². The molecule has 0 unspecified atom stereocenters. The Kier molecular flexibility index (Phi) is 5.94. The number of hydrogen-bond acceptors (Lipinski definition) is 3. The van der Waals surface area contributed by atoms with E-state index < -0.39 is 0 Å². The fraction of sp³-hybridized carbons (Fsp3) is 0.615. The minimum Gasteiger partial charge on any atom is -0.382 e. The van der Waals surface area contributed by atoms with Crippen molar-refractivity contribution < 1.29 is 14.3 Å². The molecule has 0 saturated heterocycles. The van der Waals surface area contributed by atoms with E-state index in [-0.39, 0.29) is 11.7 Å². The highest BCUT2D eigenvalue weighted by atomic mass is 16.5. The van der Waals surface area contributed by atoms with E-state index in [2.05, 4.69) is 0 Å². The van der Waals surface area contributed by atoms with E-state index in [9.17, 15) is 4.79 Å². The number of hydrogen-bond donors (Lipinski definition) is 0. The van der Waals surface area contributed by atoms with Gasteiger partial charge in [0.1, 0.15) is 0 Å². The van der Waals surface area contributed by atoms with Crippen LogP contribution in [0.1, 0.15) is 24.2 Å². The monoisotopic (exact) mass is 239 g/mol. The van der Waals surface area contributed by atoms with Gasteiger partial charge in [0, 0.05) is 37.5 Å². The van der Waals surface area contributed by atoms with E-state index in [4.69, 9.17) is 9.47 Å². The highest BCUT2D eigenvalue weighted by Crippen LogP contribution is 2.08. The summed E-state index contributed by atoms with van der Waals surface area (Å²) in [6, 6.07) is 1.86. The van der Waals surface area contributed by atoms with Gasteiger partial charge in [-0.15, -0.1) is 0 Å². The average Bonchev–Trinajstić information content (AvgIpc) is 2.76. The molecular weight excluding hydrogens is 218 g/mol. The first-order chi connectivity index (χ1) is 8.15. The molecule has 0 atom stereocenters. The minimum absolute atomic E-state index is 0.0452. The Morgan fingerprint density at radius 2 is 2.12 bits per heavy atom. The summed E-state index contributed by atoms with van der Waals surface area (Å²) >= 11 is 0. The van der Waals surface area contributed by atoms with Crippen LogP contribution < -0.4 is 0 Å². The maximum atomic E-state index is 11.7. The van der Waals surface area contributed by atoms with Crippen molar-refractivity contribution in [3.05, 3.63) is 24.0 Å². The van der Waals surface area contributed by atoms with Crippen molar-refractivity contribution in [1.82, 2.24) is 4.57 Å². The third-order valence-corrected chi connectivity index (χ3v) is 2.48. The third-order valence-electron chi connectivity index (χ3n) is 2.48. The van der Waals surface area contributed by atoms with Gasteiger partial charge < -0.3 is 14.0 Å². The van der Waals surface area contributed by atoms with Crippen LogP contribution in [0.4, 0.5) is 0 Å². The molecule has 1 heterocycles. The number of carbonyl (C=O) groups excluding carboxylic acids is 1. The zero-order valence-corrected chi connectivity index (χ0v) is 10.8. The van der Waals surface area contributed by atoms with Gasteiger partial charge >= 0.3 is 0 Å². The summed E-state index contributed by atoms with van der Waals surface area (Å²) in [5, 5.41) is 0. The lowest BCUT2D eigenvalue weighted by Crippen LogP contribution is -2.09. The second kappa shape index (κ2) is 7.25. The van der Waals surface area contributed by atoms with E-state index >= 15 is 0 Å². The molecule has 1 aromatic heterocycles. The number of aromatic nitrogens is 1. The van der Waals surface area contributed by atoms with E-state index in [1.807, 2.05) is 36.9 Å². The van der Waals surface area contributed by atoms with Gasteiger partial charge in [0.25, 0.3) is 0 Å². The molecule has 0 spiro atoms. The van der Waals surface area contributed by atoms with Crippen molar-refractivity contribution in [2.24, 2.45) is 5.92 Å². The van der Waals surface area contributed by atoms with Crippen molar-refractivity contribution in [2.75, 3.05) is 26.9 Å². The average molecular weight is 239 g/mol. The molecular formula is C13H21NO3. The van der Waals surface area contributed by atoms with Crippen molar-refractivity contribution in [3.8, 4) is 0 Å². The van der Waals surface area contributed by atoms with Gasteiger partial charge in [0.2, 0.25) is 0 Å². The van der Waals surface area contributed by atoms with E-state index in [0.29, 0.717) is 19.8 Å². The molecule has 1 rings (SSSR count). The molecule has 0 aromatic carbocycles. The van der Waals surface area contributed by atoms with Crippen LogP contribution in [-0.2, 0) is 16.0 Å². The maximum Gasteiger partial charge on any atom is 0.166 e. The van der Waals surface area contributed by atoms with Crippen LogP contribution in [-0.4, -0.2) is 37.3 Å². The second-order valence-electron chi connectivity index (χ2n) is 4.26. The number of rotatable bonds is 8. The summed E-state index contributed by atoms with van der Waals surface area (Å²) in [6.45, 7) is 6.43. The van der Waals surface area contributed by atoms with Crippen molar-refractivity contribution in [2.45, 2.75) is 20.4 Å². The zero-order valence-electron chi connectivity index (χ0n) is 10.8. The van der Waals surface area contributed by atoms with Crippen molar-refractivity contribution >= 4 is 5.78 Å². The van der Waals surface area contributed by atoms with E-state index in [1.54, 1.807) is 7.11 Å².